The van der Waals surface area contributed by atoms with Gasteiger partial charge in [0, 0.05) is 23.4 Å². The number of nitrogens with zero attached hydrogens (tertiary/aromatic N) is 3. The first kappa shape index (κ1) is 20.2. The zero-order valence-electron chi connectivity index (χ0n) is 17.7. The Morgan fingerprint density at radius 1 is 1.00 bits per heavy atom. The topological polar surface area (TPSA) is 121 Å². The number of carbonyl (C=O) groups excluding carboxylic acids is 2. The Balaban J connectivity index is 1.33. The second-order valence-corrected chi connectivity index (χ2v) is 8.28. The van der Waals surface area contributed by atoms with Gasteiger partial charge in [-0.2, -0.15) is 4.68 Å². The number of hydrogen-bond acceptors (Lipinski definition) is 5. The minimum absolute atomic E-state index is 0.166. The molecular formula is C23H23N5O4. The van der Waals surface area contributed by atoms with Gasteiger partial charge in [-0.15, -0.1) is 0 Å². The first-order valence-electron chi connectivity index (χ1n) is 10.8. The maximum absolute atomic E-state index is 12.8. The molecule has 3 aromatic rings. The molecule has 1 aromatic carbocycles. The van der Waals surface area contributed by atoms with Crippen molar-refractivity contribution < 1.29 is 9.59 Å². The molecule has 9 nitrogen and oxygen atoms in total. The van der Waals surface area contributed by atoms with Crippen LogP contribution in [0.4, 0.5) is 0 Å². The van der Waals surface area contributed by atoms with Gasteiger partial charge in [-0.05, 0) is 57.6 Å². The minimum atomic E-state index is -0.325. The zero-order chi connectivity index (χ0) is 22.4. The molecule has 0 saturated heterocycles. The van der Waals surface area contributed by atoms with E-state index in [1.54, 1.807) is 31.2 Å². The van der Waals surface area contributed by atoms with Gasteiger partial charge in [-0.1, -0.05) is 12.1 Å². The standard InChI is InChI=1S/C23H23N5O4/c1-13-14(10-6-12-27-20(30)15-7-2-3-8-16(15)21(27)31)19(29)25-23(24-13)28-22(32)17-9-4-5-11-18(17)26-28/h2-3,7-8,26H,4-6,9-12H2,1H3,(H,24,25,29). The van der Waals surface area contributed by atoms with E-state index < -0.39 is 0 Å². The molecule has 0 fully saturated rings. The number of aryl methyl sites for hydroxylation is 2. The predicted molar refractivity (Wildman–Crippen MR) is 116 cm³/mol. The molecule has 0 unspecified atom stereocenters. The fourth-order valence-corrected chi connectivity index (χ4v) is 4.59. The highest BCUT2D eigenvalue weighted by molar-refractivity contribution is 6.21. The number of benzene rings is 1. The molecule has 2 amide bonds. The number of nitrogens with one attached hydrogen (secondary N) is 2. The van der Waals surface area contributed by atoms with Crippen molar-refractivity contribution in [2.75, 3.05) is 6.54 Å². The van der Waals surface area contributed by atoms with Crippen LogP contribution in [-0.4, -0.2) is 43.0 Å². The highest BCUT2D eigenvalue weighted by Crippen LogP contribution is 2.23. The lowest BCUT2D eigenvalue weighted by atomic mass is 9.98. The average Bonchev–Trinajstić information content (AvgIpc) is 3.25. The summed E-state index contributed by atoms with van der Waals surface area (Å²) in [5, 5.41) is 3.08. The van der Waals surface area contributed by atoms with Gasteiger partial charge in [0.25, 0.3) is 22.9 Å². The maximum Gasteiger partial charge on any atom is 0.277 e. The first-order chi connectivity index (χ1) is 15.5. The van der Waals surface area contributed by atoms with Crippen LogP contribution >= 0.6 is 0 Å². The minimum Gasteiger partial charge on any atom is -0.292 e. The molecule has 2 aliphatic rings. The lowest BCUT2D eigenvalue weighted by Gasteiger charge is -2.14. The van der Waals surface area contributed by atoms with Gasteiger partial charge < -0.3 is 0 Å². The zero-order valence-corrected chi connectivity index (χ0v) is 17.7. The molecular weight excluding hydrogens is 410 g/mol. The summed E-state index contributed by atoms with van der Waals surface area (Å²) in [6.45, 7) is 1.94. The van der Waals surface area contributed by atoms with Crippen molar-refractivity contribution >= 4 is 11.8 Å². The van der Waals surface area contributed by atoms with Crippen molar-refractivity contribution in [1.82, 2.24) is 24.6 Å². The fourth-order valence-electron chi connectivity index (χ4n) is 4.59. The summed E-state index contributed by atoms with van der Waals surface area (Å²) in [7, 11) is 0. The van der Waals surface area contributed by atoms with Gasteiger partial charge in [0.15, 0.2) is 0 Å². The summed E-state index contributed by atoms with van der Waals surface area (Å²) in [5.41, 5.74) is 3.01. The van der Waals surface area contributed by atoms with Crippen LogP contribution in [0.15, 0.2) is 33.9 Å². The molecule has 0 spiro atoms. The van der Waals surface area contributed by atoms with Gasteiger partial charge >= 0.3 is 0 Å². The quantitative estimate of drug-likeness (QED) is 0.593. The van der Waals surface area contributed by atoms with E-state index in [2.05, 4.69) is 15.1 Å². The van der Waals surface area contributed by atoms with Crippen molar-refractivity contribution in [3.05, 3.63) is 78.6 Å². The predicted octanol–water partition coefficient (Wildman–Crippen LogP) is 1.66. The largest absolute Gasteiger partial charge is 0.292 e. The second kappa shape index (κ2) is 7.74. The van der Waals surface area contributed by atoms with E-state index in [-0.39, 0.29) is 35.4 Å². The third kappa shape index (κ3) is 3.21. The third-order valence-corrected chi connectivity index (χ3v) is 6.28. The van der Waals surface area contributed by atoms with Gasteiger partial charge in [-0.25, -0.2) is 4.98 Å². The maximum atomic E-state index is 12.8. The number of rotatable bonds is 5. The number of hydrogen-bond donors (Lipinski definition) is 2. The Labute approximate surface area is 183 Å². The molecule has 2 N–H and O–H groups in total. The van der Waals surface area contributed by atoms with E-state index in [4.69, 9.17) is 0 Å². The van der Waals surface area contributed by atoms with E-state index in [9.17, 15) is 19.2 Å². The van der Waals surface area contributed by atoms with Crippen LogP contribution < -0.4 is 11.1 Å². The lowest BCUT2D eigenvalue weighted by Crippen LogP contribution is -2.31. The van der Waals surface area contributed by atoms with Crippen LogP contribution in [0.25, 0.3) is 5.95 Å². The number of amides is 2. The van der Waals surface area contributed by atoms with Crippen LogP contribution in [0.1, 0.15) is 62.5 Å². The van der Waals surface area contributed by atoms with Gasteiger partial charge in [0.1, 0.15) is 0 Å². The molecule has 9 heteroatoms. The average molecular weight is 433 g/mol. The van der Waals surface area contributed by atoms with E-state index >= 15 is 0 Å². The summed E-state index contributed by atoms with van der Waals surface area (Å²) >= 11 is 0. The number of aromatic amines is 2. The lowest BCUT2D eigenvalue weighted by molar-refractivity contribution is 0.0652. The molecule has 164 valence electrons. The summed E-state index contributed by atoms with van der Waals surface area (Å²) in [4.78, 5) is 58.8. The van der Waals surface area contributed by atoms with E-state index in [1.165, 1.54) is 9.58 Å². The van der Waals surface area contributed by atoms with Crippen molar-refractivity contribution in [3.8, 4) is 5.95 Å². The first-order valence-corrected chi connectivity index (χ1v) is 10.8. The highest BCUT2D eigenvalue weighted by Gasteiger charge is 2.34. The third-order valence-electron chi connectivity index (χ3n) is 6.28. The van der Waals surface area contributed by atoms with Crippen LogP contribution in [-0.2, 0) is 19.3 Å². The summed E-state index contributed by atoms with van der Waals surface area (Å²) < 4.78 is 1.31. The van der Waals surface area contributed by atoms with E-state index in [0.717, 1.165) is 36.9 Å². The summed E-state index contributed by atoms with van der Waals surface area (Å²) in [6, 6.07) is 6.76. The Morgan fingerprint density at radius 2 is 1.69 bits per heavy atom. The van der Waals surface area contributed by atoms with Crippen molar-refractivity contribution in [3.63, 3.8) is 0 Å². The van der Waals surface area contributed by atoms with Crippen molar-refractivity contribution in [2.45, 2.75) is 45.4 Å². The van der Waals surface area contributed by atoms with E-state index in [1.807, 2.05) is 0 Å². The molecule has 0 radical (unpaired) electrons. The smallest absolute Gasteiger partial charge is 0.277 e. The van der Waals surface area contributed by atoms with Gasteiger partial charge in [-0.3, -0.25) is 34.2 Å². The Bertz CT molecular complexity index is 1330. The van der Waals surface area contributed by atoms with Gasteiger partial charge in [0.05, 0.1) is 16.8 Å². The number of carbonyl (C=O) groups is 2. The molecule has 0 bridgehead atoms. The van der Waals surface area contributed by atoms with Gasteiger partial charge in [0.2, 0.25) is 5.95 Å². The monoisotopic (exact) mass is 433 g/mol. The normalized spacial score (nSPS) is 15.2. The van der Waals surface area contributed by atoms with Crippen molar-refractivity contribution in [1.29, 1.82) is 0 Å². The van der Waals surface area contributed by atoms with Crippen LogP contribution in [0, 0.1) is 6.92 Å². The number of fused-ring (bicyclic) bond motifs is 2. The Hall–Kier alpha value is -3.75. The number of H-pyrrole nitrogens is 2. The number of aromatic nitrogens is 4. The molecule has 2 aromatic heterocycles. The summed E-state index contributed by atoms with van der Waals surface area (Å²) in [6.07, 6.45) is 4.36. The van der Waals surface area contributed by atoms with E-state index in [0.29, 0.717) is 35.2 Å². The molecule has 3 heterocycles. The molecule has 5 rings (SSSR count). The van der Waals surface area contributed by atoms with Crippen LogP contribution in [0.5, 0.6) is 0 Å². The molecule has 0 saturated carbocycles. The van der Waals surface area contributed by atoms with Crippen molar-refractivity contribution in [2.24, 2.45) is 0 Å². The highest BCUT2D eigenvalue weighted by atomic mass is 16.2. The number of imide groups is 1. The SMILES string of the molecule is Cc1nc(-n2[nH]c3c(c2=O)CCCC3)[nH]c(=O)c1CCCN1C(=O)c2ccccc2C1=O. The van der Waals surface area contributed by atoms with Crippen LogP contribution in [0.3, 0.4) is 0 Å². The second-order valence-electron chi connectivity index (χ2n) is 8.28. The fraction of sp³-hybridized carbons (Fsp3) is 0.348. The molecule has 1 aliphatic carbocycles. The molecule has 0 atom stereocenters. The van der Waals surface area contributed by atoms with Crippen LogP contribution in [0.2, 0.25) is 0 Å². The molecule has 1 aliphatic heterocycles. The molecule has 32 heavy (non-hydrogen) atoms. The summed E-state index contributed by atoms with van der Waals surface area (Å²) in [5.74, 6) is -0.435. The Kier molecular flexibility index (Phi) is 4.88. The Morgan fingerprint density at radius 3 is 2.34 bits per heavy atom.